The molecule has 0 unspecified atom stereocenters. The molecule has 0 atom stereocenters. The second-order valence-electron chi connectivity index (χ2n) is 2.73. The Bertz CT molecular complexity index is 440. The van der Waals surface area contributed by atoms with Gasteiger partial charge in [0.2, 0.25) is 0 Å². The van der Waals surface area contributed by atoms with E-state index in [4.69, 9.17) is 11.6 Å². The van der Waals surface area contributed by atoms with Gasteiger partial charge in [0, 0.05) is 7.05 Å². The van der Waals surface area contributed by atoms with E-state index < -0.39 is 0 Å². The van der Waals surface area contributed by atoms with Crippen LogP contribution in [0, 0.1) is 19.1 Å². The number of fused-ring (bicyclic) bond motifs is 1. The van der Waals surface area contributed by atoms with E-state index in [-0.39, 0.29) is 116 Å². The van der Waals surface area contributed by atoms with Gasteiger partial charge in [0.25, 0.3) is 0 Å². The molecule has 0 N–H and O–H groups in total. The normalized spacial score (nSPS) is 9.36. The molecule has 1 aromatic heterocycles. The van der Waals surface area contributed by atoms with Gasteiger partial charge in [0.1, 0.15) is 0 Å². The first-order valence-electron chi connectivity index (χ1n) is 3.61. The molecule has 5 heteroatoms. The van der Waals surface area contributed by atoms with Crippen molar-refractivity contribution >= 4 is 22.5 Å². The summed E-state index contributed by atoms with van der Waals surface area (Å²) in [5, 5.41) is 5.61. The number of rotatable bonds is 0. The summed E-state index contributed by atoms with van der Waals surface area (Å²) in [6.07, 6.45) is 0. The summed E-state index contributed by atoms with van der Waals surface area (Å²) in [6.45, 7) is 1.96. The van der Waals surface area contributed by atoms with Crippen molar-refractivity contribution in [1.82, 2.24) is 9.78 Å². The van der Waals surface area contributed by atoms with Gasteiger partial charge in [0.05, 0.1) is 0 Å². The smallest absolute Gasteiger partial charge is 0.320 e. The van der Waals surface area contributed by atoms with Crippen LogP contribution in [0.5, 0.6) is 0 Å². The Kier molecular flexibility index (Phi) is 8.44. The van der Waals surface area contributed by atoms with Crippen LogP contribution in [0.3, 0.4) is 0 Å². The van der Waals surface area contributed by atoms with Crippen LogP contribution in [0.4, 0.5) is 0 Å². The van der Waals surface area contributed by atoms with Crippen molar-refractivity contribution in [3.63, 3.8) is 0 Å². The number of aryl methyl sites for hydroxylation is 2. The van der Waals surface area contributed by atoms with E-state index in [1.54, 1.807) is 11.7 Å². The maximum atomic E-state index is 5.96. The zero-order valence-electron chi connectivity index (χ0n) is 8.85. The number of aromatic nitrogens is 2. The van der Waals surface area contributed by atoms with Gasteiger partial charge in [-0.1, -0.05) is 0 Å². The van der Waals surface area contributed by atoms with Gasteiger partial charge in [0.15, 0.2) is 0 Å². The van der Waals surface area contributed by atoms with E-state index in [9.17, 15) is 0 Å². The number of halogens is 1. The monoisotopic (exact) mass is 348 g/mol. The molecular weight excluding hydrogens is 343 g/mol. The van der Waals surface area contributed by atoms with E-state index in [0.29, 0.717) is 5.15 Å². The molecule has 62 valence electrons. The Balaban J connectivity index is 0.000000845. The van der Waals surface area contributed by atoms with Crippen molar-refractivity contribution in [2.45, 2.75) is 6.92 Å². The average Bonchev–Trinajstić information content (AvgIpc) is 2.31. The first kappa shape index (κ1) is 16.6. The quantitative estimate of drug-likeness (QED) is 0.445. The summed E-state index contributed by atoms with van der Waals surface area (Å²) < 4.78 is 1.62. The zero-order chi connectivity index (χ0) is 8.72. The second kappa shape index (κ2) is 7.12. The Labute approximate surface area is 186 Å². The fraction of sp³-hybridized carbons (Fsp3) is 0.222. The molecule has 0 radical (unpaired) electrons. The minimum atomic E-state index is 0. The average molecular weight is 350 g/mol. The summed E-state index contributed by atoms with van der Waals surface area (Å²) in [4.78, 5) is 0. The van der Waals surface area contributed by atoms with E-state index in [1.165, 1.54) is 0 Å². The first-order valence-corrected chi connectivity index (χ1v) is 3.99. The van der Waals surface area contributed by atoms with E-state index >= 15 is 0 Å². The third-order valence-electron chi connectivity index (χ3n) is 1.72. The fourth-order valence-corrected chi connectivity index (χ4v) is 1.30. The Hall–Kier alpha value is 2.59. The number of hydrogen-bond acceptors (Lipinski definition) is 1. The Morgan fingerprint density at radius 1 is 1.43 bits per heavy atom. The number of nitrogens with zero attached hydrogens (tertiary/aromatic N) is 2. The molecule has 14 heavy (non-hydrogen) atoms. The predicted octanol–water partition coefficient (Wildman–Crippen LogP) is -3.86. The van der Waals surface area contributed by atoms with Crippen LogP contribution < -0.4 is 116 Å². The molecule has 1 aromatic carbocycles. The van der Waals surface area contributed by atoms with Crippen molar-refractivity contribution in [2.75, 3.05) is 0 Å². The summed E-state index contributed by atoms with van der Waals surface area (Å²) in [7, 11) is 1.80. The molecule has 0 fully saturated rings. The molecule has 0 saturated carbocycles. The van der Waals surface area contributed by atoms with Crippen LogP contribution in [-0.2, 0) is 7.05 Å². The van der Waals surface area contributed by atoms with Gasteiger partial charge in [-0.2, -0.15) is 0 Å². The van der Waals surface area contributed by atoms with Gasteiger partial charge >= 0.3 is 116 Å². The fourth-order valence-electron chi connectivity index (χ4n) is 1.13. The van der Waals surface area contributed by atoms with Gasteiger partial charge in [-0.15, -0.1) is 24.0 Å². The summed E-state index contributed by atoms with van der Waals surface area (Å²) >= 11 is 5.96. The molecule has 0 saturated heterocycles. The van der Waals surface area contributed by atoms with Crippen molar-refractivity contribution in [2.24, 2.45) is 7.05 Å². The maximum Gasteiger partial charge on any atom is 1.00 e. The maximum absolute atomic E-state index is 5.96. The van der Waals surface area contributed by atoms with Crippen molar-refractivity contribution in [3.8, 4) is 0 Å². The van der Waals surface area contributed by atoms with Crippen molar-refractivity contribution < 1.29 is 116 Å². The Morgan fingerprint density at radius 2 is 2.07 bits per heavy atom. The summed E-state index contributed by atoms with van der Waals surface area (Å²) in [5.74, 6) is 0. The SMILES string of the molecule is Cc1[c-]c2c(Cl)n(C)nc2[c-]c1.[Rb+].[Rb+]. The zero-order valence-corrected chi connectivity index (χ0v) is 19.4. The van der Waals surface area contributed by atoms with Crippen LogP contribution in [0.2, 0.25) is 5.15 Å². The van der Waals surface area contributed by atoms with Crippen LogP contribution in [0.25, 0.3) is 10.9 Å². The summed E-state index contributed by atoms with van der Waals surface area (Å²) in [6, 6.07) is 8.02. The molecule has 0 amide bonds. The number of benzene rings is 1. The largest absolute Gasteiger partial charge is 1.00 e. The molecule has 0 aliphatic heterocycles. The molecule has 1 heterocycles. The molecule has 0 aliphatic rings. The van der Waals surface area contributed by atoms with Gasteiger partial charge < -0.3 is 4.68 Å². The predicted molar refractivity (Wildman–Crippen MR) is 48.1 cm³/mol. The molecule has 0 aliphatic carbocycles. The minimum absolute atomic E-state index is 0. The third kappa shape index (κ3) is 3.54. The van der Waals surface area contributed by atoms with Crippen LogP contribution in [-0.4, -0.2) is 9.78 Å². The minimum Gasteiger partial charge on any atom is -0.320 e. The Morgan fingerprint density at radius 3 is 2.71 bits per heavy atom. The molecule has 2 aromatic rings. The first-order chi connectivity index (χ1) is 5.68. The third-order valence-corrected chi connectivity index (χ3v) is 2.16. The molecule has 0 spiro atoms. The van der Waals surface area contributed by atoms with Gasteiger partial charge in [-0.3, -0.25) is 23.3 Å². The standard InChI is InChI=1S/C9H7ClN2.2Rb/c1-6-3-4-8-7(5-6)9(10)12(2)11-8;;/h3H,1-2H3;;/q-2;2*+1. The van der Waals surface area contributed by atoms with Gasteiger partial charge in [-0.05, 0) is 5.15 Å². The van der Waals surface area contributed by atoms with Crippen molar-refractivity contribution in [1.29, 1.82) is 0 Å². The molecule has 2 rings (SSSR count). The van der Waals surface area contributed by atoms with E-state index in [2.05, 4.69) is 17.2 Å². The van der Waals surface area contributed by atoms with E-state index in [0.717, 1.165) is 16.5 Å². The van der Waals surface area contributed by atoms with Crippen molar-refractivity contribution in [3.05, 3.63) is 28.9 Å². The molecular formula is C9H7ClN2Rb2. The number of hydrogen-bond donors (Lipinski definition) is 0. The van der Waals surface area contributed by atoms with Crippen LogP contribution in [0.15, 0.2) is 6.07 Å². The van der Waals surface area contributed by atoms with E-state index in [1.807, 2.05) is 13.0 Å². The second-order valence-corrected chi connectivity index (χ2v) is 3.09. The van der Waals surface area contributed by atoms with Crippen LogP contribution in [0.1, 0.15) is 5.56 Å². The summed E-state index contributed by atoms with van der Waals surface area (Å²) in [5.41, 5.74) is 1.80. The molecule has 2 nitrogen and oxygen atoms in total. The van der Waals surface area contributed by atoms with Crippen LogP contribution >= 0.6 is 11.6 Å². The molecule has 0 bridgehead atoms. The topological polar surface area (TPSA) is 17.8 Å². The van der Waals surface area contributed by atoms with Gasteiger partial charge in [-0.25, -0.2) is 10.9 Å².